The first-order valence-electron chi connectivity index (χ1n) is 9.44. The molecule has 0 unspecified atom stereocenters. The predicted octanol–water partition coefficient (Wildman–Crippen LogP) is 2.88. The van der Waals surface area contributed by atoms with Crippen LogP contribution in [0.25, 0.3) is 0 Å². The van der Waals surface area contributed by atoms with Gasteiger partial charge < -0.3 is 15.2 Å². The number of carboxylic acid groups (broad SMARTS) is 1. The molecule has 0 heterocycles. The molecular weight excluding hydrogens is 331 g/mol. The quantitative estimate of drug-likeness (QED) is 0.249. The summed E-state index contributed by atoms with van der Waals surface area (Å²) in [6.45, 7) is 4.79. The SMILES string of the molecule is CCCCCCCCCCCC(=O)N(CC)CCN(O)CC(=O)O.[NaH]. The van der Waals surface area contributed by atoms with Crippen molar-refractivity contribution in [1.82, 2.24) is 9.96 Å². The van der Waals surface area contributed by atoms with Crippen molar-refractivity contribution in [2.24, 2.45) is 0 Å². The molecule has 0 aliphatic heterocycles. The van der Waals surface area contributed by atoms with Gasteiger partial charge in [0.2, 0.25) is 5.91 Å². The topological polar surface area (TPSA) is 81.1 Å². The van der Waals surface area contributed by atoms with Crippen LogP contribution in [-0.2, 0) is 9.59 Å². The van der Waals surface area contributed by atoms with Gasteiger partial charge in [-0.1, -0.05) is 58.3 Å². The Bertz CT molecular complexity index is 343. The molecule has 0 saturated carbocycles. The van der Waals surface area contributed by atoms with Gasteiger partial charge in [-0.15, -0.1) is 0 Å². The van der Waals surface area contributed by atoms with Crippen LogP contribution in [0.2, 0.25) is 0 Å². The number of hydrogen-bond acceptors (Lipinski definition) is 4. The summed E-state index contributed by atoms with van der Waals surface area (Å²) in [7, 11) is 0. The Morgan fingerprint density at radius 1 is 0.840 bits per heavy atom. The Labute approximate surface area is 175 Å². The Hall–Kier alpha value is -0.140. The summed E-state index contributed by atoms with van der Waals surface area (Å²) in [6.07, 6.45) is 11.5. The van der Waals surface area contributed by atoms with Gasteiger partial charge in [0.1, 0.15) is 6.54 Å². The van der Waals surface area contributed by atoms with E-state index in [1.54, 1.807) is 4.90 Å². The van der Waals surface area contributed by atoms with Crippen molar-refractivity contribution in [1.29, 1.82) is 0 Å². The van der Waals surface area contributed by atoms with Gasteiger partial charge in [0, 0.05) is 26.1 Å². The molecule has 0 saturated heterocycles. The number of carbonyl (C=O) groups is 2. The average Bonchev–Trinajstić information content (AvgIpc) is 2.53. The van der Waals surface area contributed by atoms with E-state index in [2.05, 4.69) is 6.92 Å². The van der Waals surface area contributed by atoms with E-state index in [1.807, 2.05) is 6.92 Å². The van der Waals surface area contributed by atoms with Crippen LogP contribution in [0, 0.1) is 0 Å². The minimum atomic E-state index is -1.08. The molecule has 6 nitrogen and oxygen atoms in total. The molecule has 0 aromatic heterocycles. The molecule has 0 aromatic rings. The van der Waals surface area contributed by atoms with Gasteiger partial charge >= 0.3 is 35.5 Å². The van der Waals surface area contributed by atoms with E-state index in [0.717, 1.165) is 17.9 Å². The van der Waals surface area contributed by atoms with Gasteiger partial charge in [-0.2, -0.15) is 5.06 Å². The van der Waals surface area contributed by atoms with Crippen molar-refractivity contribution in [2.75, 3.05) is 26.2 Å². The first kappa shape index (κ1) is 27.1. The number of carboxylic acids is 1. The average molecular weight is 368 g/mol. The van der Waals surface area contributed by atoms with Crippen LogP contribution in [0.3, 0.4) is 0 Å². The van der Waals surface area contributed by atoms with Crippen molar-refractivity contribution in [2.45, 2.75) is 78.1 Å². The van der Waals surface area contributed by atoms with Gasteiger partial charge in [0.05, 0.1) is 0 Å². The van der Waals surface area contributed by atoms with Crippen LogP contribution in [-0.4, -0.2) is 87.9 Å². The van der Waals surface area contributed by atoms with E-state index in [4.69, 9.17) is 5.11 Å². The van der Waals surface area contributed by atoms with Crippen LogP contribution in [0.15, 0.2) is 0 Å². The monoisotopic (exact) mass is 368 g/mol. The zero-order chi connectivity index (χ0) is 18.2. The van der Waals surface area contributed by atoms with Crippen LogP contribution in [0.1, 0.15) is 78.1 Å². The van der Waals surface area contributed by atoms with Gasteiger partial charge in [-0.3, -0.25) is 9.59 Å². The van der Waals surface area contributed by atoms with E-state index in [0.29, 0.717) is 19.5 Å². The molecule has 0 aromatic carbocycles. The number of hydroxylamine groups is 2. The number of hydrogen-bond donors (Lipinski definition) is 2. The number of rotatable bonds is 16. The van der Waals surface area contributed by atoms with Crippen molar-refractivity contribution in [3.05, 3.63) is 0 Å². The number of carbonyl (C=O) groups excluding carboxylic acids is 1. The fourth-order valence-corrected chi connectivity index (χ4v) is 2.68. The standard InChI is InChI=1S/C18H36N2O4.Na.H/c1-3-5-6-7-8-9-10-11-12-13-17(21)19(4-2)14-15-20(24)16-18(22)23;;/h24H,3-16H2,1-2H3,(H,22,23);;. The molecule has 0 rings (SSSR count). The molecule has 7 heteroatoms. The second kappa shape index (κ2) is 18.6. The van der Waals surface area contributed by atoms with Gasteiger partial charge in [-0.25, -0.2) is 0 Å². The van der Waals surface area contributed by atoms with Crippen molar-refractivity contribution in [3.63, 3.8) is 0 Å². The molecule has 0 aliphatic carbocycles. The molecule has 0 radical (unpaired) electrons. The summed E-state index contributed by atoms with van der Waals surface area (Å²) in [5.41, 5.74) is 0. The molecule has 25 heavy (non-hydrogen) atoms. The zero-order valence-corrected chi connectivity index (χ0v) is 15.5. The van der Waals surface area contributed by atoms with Crippen molar-refractivity contribution < 1.29 is 19.9 Å². The van der Waals surface area contributed by atoms with Crippen LogP contribution < -0.4 is 0 Å². The van der Waals surface area contributed by atoms with Crippen LogP contribution >= 0.6 is 0 Å². The molecule has 1 amide bonds. The molecule has 0 fully saturated rings. The maximum atomic E-state index is 12.1. The van der Waals surface area contributed by atoms with Gasteiger partial charge in [-0.05, 0) is 13.3 Å². The summed E-state index contributed by atoms with van der Waals surface area (Å²) < 4.78 is 0. The summed E-state index contributed by atoms with van der Waals surface area (Å²) in [5.74, 6) is -0.995. The first-order valence-corrected chi connectivity index (χ1v) is 9.44. The van der Waals surface area contributed by atoms with E-state index < -0.39 is 12.5 Å². The molecule has 144 valence electrons. The number of nitrogens with zero attached hydrogens (tertiary/aromatic N) is 2. The van der Waals surface area contributed by atoms with E-state index in [9.17, 15) is 14.8 Å². The van der Waals surface area contributed by atoms with E-state index in [1.165, 1.54) is 44.9 Å². The molecule has 0 atom stereocenters. The second-order valence-electron chi connectivity index (χ2n) is 6.33. The van der Waals surface area contributed by atoms with Crippen molar-refractivity contribution in [3.8, 4) is 0 Å². The predicted molar refractivity (Wildman–Crippen MR) is 102 cm³/mol. The Morgan fingerprint density at radius 3 is 1.84 bits per heavy atom. The number of amides is 1. The third-order valence-corrected chi connectivity index (χ3v) is 4.17. The van der Waals surface area contributed by atoms with Gasteiger partial charge in [0.25, 0.3) is 0 Å². The maximum absolute atomic E-state index is 12.1. The fraction of sp³-hybridized carbons (Fsp3) is 0.889. The number of unbranched alkanes of at least 4 members (excludes halogenated alkanes) is 8. The Kier molecular flexibility index (Phi) is 20.2. The third kappa shape index (κ3) is 17.0. The fourth-order valence-electron chi connectivity index (χ4n) is 2.68. The first-order chi connectivity index (χ1) is 11.5. The molecule has 0 bridgehead atoms. The van der Waals surface area contributed by atoms with Gasteiger partial charge in [0.15, 0.2) is 0 Å². The Morgan fingerprint density at radius 2 is 1.36 bits per heavy atom. The normalized spacial score (nSPS) is 10.6. The minimum absolute atomic E-state index is 0. The second-order valence-corrected chi connectivity index (χ2v) is 6.33. The summed E-state index contributed by atoms with van der Waals surface area (Å²) in [4.78, 5) is 24.3. The molecule has 2 N–H and O–H groups in total. The summed E-state index contributed by atoms with van der Waals surface area (Å²) in [5, 5.41) is 18.7. The summed E-state index contributed by atoms with van der Waals surface area (Å²) >= 11 is 0. The van der Waals surface area contributed by atoms with E-state index >= 15 is 0 Å². The molecule has 0 spiro atoms. The van der Waals surface area contributed by atoms with Crippen LogP contribution in [0.4, 0.5) is 0 Å². The number of aliphatic carboxylic acids is 1. The Balaban J connectivity index is 0. The van der Waals surface area contributed by atoms with E-state index in [-0.39, 0.29) is 42.0 Å². The zero-order valence-electron chi connectivity index (χ0n) is 15.5. The molecule has 0 aliphatic rings. The summed E-state index contributed by atoms with van der Waals surface area (Å²) in [6, 6.07) is 0. The molecular formula is C18H37N2NaO4. The van der Waals surface area contributed by atoms with Crippen molar-refractivity contribution >= 4 is 41.4 Å². The number of likely N-dealkylation sites (N-methyl/N-ethyl adjacent to an activating group) is 1. The van der Waals surface area contributed by atoms with Crippen LogP contribution in [0.5, 0.6) is 0 Å². The third-order valence-electron chi connectivity index (χ3n) is 4.17.